The molecule has 0 bridgehead atoms. The van der Waals surface area contributed by atoms with Crippen LogP contribution in [0.1, 0.15) is 22.6 Å². The largest absolute Gasteiger partial charge is 0.496 e. The summed E-state index contributed by atoms with van der Waals surface area (Å²) in [5, 5.41) is 0.720. The van der Waals surface area contributed by atoms with Gasteiger partial charge in [-0.15, -0.1) is 11.6 Å². The zero-order chi connectivity index (χ0) is 14.5. The molecule has 2 aromatic rings. The fourth-order valence-corrected chi connectivity index (χ4v) is 2.75. The molecule has 0 aliphatic heterocycles. The number of hydrogen-bond donors (Lipinski definition) is 0. The predicted molar refractivity (Wildman–Crippen MR) is 86.3 cm³/mol. The van der Waals surface area contributed by atoms with Crippen molar-refractivity contribution in [2.75, 3.05) is 13.0 Å². The summed E-state index contributed by atoms with van der Waals surface area (Å²) in [4.78, 5) is 0. The first kappa shape index (κ1) is 15.2. The molecule has 0 saturated carbocycles. The highest BCUT2D eigenvalue weighted by Gasteiger charge is 2.14. The second-order valence-corrected chi connectivity index (χ2v) is 5.67. The Labute approximate surface area is 130 Å². The Bertz CT molecular complexity index is 564. The maximum atomic E-state index is 6.15. The molecule has 0 radical (unpaired) electrons. The summed E-state index contributed by atoms with van der Waals surface area (Å²) in [6.07, 6.45) is 0.816. The molecule has 0 saturated heterocycles. The van der Waals surface area contributed by atoms with Crippen LogP contribution in [0.2, 0.25) is 5.02 Å². The van der Waals surface area contributed by atoms with Crippen molar-refractivity contribution >= 4 is 23.2 Å². The van der Waals surface area contributed by atoms with Crippen LogP contribution in [0, 0.1) is 6.92 Å². The lowest BCUT2D eigenvalue weighted by molar-refractivity contribution is 0.408. The van der Waals surface area contributed by atoms with Gasteiger partial charge in [-0.05, 0) is 42.7 Å². The molecule has 0 fully saturated rings. The summed E-state index contributed by atoms with van der Waals surface area (Å²) in [6.45, 7) is 2.08. The minimum absolute atomic E-state index is 0.254. The van der Waals surface area contributed by atoms with Gasteiger partial charge in [-0.1, -0.05) is 41.4 Å². The summed E-state index contributed by atoms with van der Waals surface area (Å²) in [6, 6.07) is 14.2. The molecule has 1 unspecified atom stereocenters. The van der Waals surface area contributed by atoms with Crippen molar-refractivity contribution in [1.82, 2.24) is 0 Å². The van der Waals surface area contributed by atoms with E-state index in [4.69, 9.17) is 27.9 Å². The average Bonchev–Trinajstić information content (AvgIpc) is 2.46. The number of methoxy groups -OCH3 is 1. The van der Waals surface area contributed by atoms with E-state index in [1.807, 2.05) is 18.2 Å². The smallest absolute Gasteiger partial charge is 0.122 e. The standard InChI is InChI=1S/C17H18Cl2O/c1-12-3-5-13(6-4-12)15(11-18)9-14-10-16(19)7-8-17(14)20-2/h3-8,10,15H,9,11H2,1-2H3. The first-order valence-corrected chi connectivity index (χ1v) is 7.50. The van der Waals surface area contributed by atoms with Gasteiger partial charge in [0.25, 0.3) is 0 Å². The lowest BCUT2D eigenvalue weighted by Gasteiger charge is -2.17. The van der Waals surface area contributed by atoms with Crippen molar-refractivity contribution in [3.05, 3.63) is 64.2 Å². The minimum Gasteiger partial charge on any atom is -0.496 e. The van der Waals surface area contributed by atoms with Crippen LogP contribution in [0.3, 0.4) is 0 Å². The van der Waals surface area contributed by atoms with Crippen LogP contribution in [0.15, 0.2) is 42.5 Å². The van der Waals surface area contributed by atoms with Gasteiger partial charge in [0, 0.05) is 16.8 Å². The Morgan fingerprint density at radius 2 is 1.80 bits per heavy atom. The first-order chi connectivity index (χ1) is 9.63. The van der Waals surface area contributed by atoms with Crippen molar-refractivity contribution in [3.63, 3.8) is 0 Å². The fraction of sp³-hybridized carbons (Fsp3) is 0.294. The van der Waals surface area contributed by atoms with Crippen molar-refractivity contribution in [2.45, 2.75) is 19.3 Å². The molecule has 1 nitrogen and oxygen atoms in total. The molecule has 0 aliphatic rings. The molecule has 0 N–H and O–H groups in total. The van der Waals surface area contributed by atoms with E-state index in [1.54, 1.807) is 7.11 Å². The SMILES string of the molecule is COc1ccc(Cl)cc1CC(CCl)c1ccc(C)cc1. The third-order valence-corrected chi connectivity index (χ3v) is 4.05. The minimum atomic E-state index is 0.254. The average molecular weight is 309 g/mol. The Hall–Kier alpha value is -1.18. The molecule has 0 amide bonds. The van der Waals surface area contributed by atoms with Crippen molar-refractivity contribution in [3.8, 4) is 5.75 Å². The third kappa shape index (κ3) is 3.68. The van der Waals surface area contributed by atoms with Gasteiger partial charge in [0.1, 0.15) is 5.75 Å². The van der Waals surface area contributed by atoms with E-state index in [1.165, 1.54) is 11.1 Å². The fourth-order valence-electron chi connectivity index (χ4n) is 2.27. The lowest BCUT2D eigenvalue weighted by atomic mass is 9.92. The highest BCUT2D eigenvalue weighted by molar-refractivity contribution is 6.30. The van der Waals surface area contributed by atoms with E-state index in [0.717, 1.165) is 22.8 Å². The van der Waals surface area contributed by atoms with E-state index in [9.17, 15) is 0 Å². The summed E-state index contributed by atoms with van der Waals surface area (Å²) < 4.78 is 5.40. The van der Waals surface area contributed by atoms with Crippen LogP contribution in [0.25, 0.3) is 0 Å². The highest BCUT2D eigenvalue weighted by Crippen LogP contribution is 2.29. The number of benzene rings is 2. The van der Waals surface area contributed by atoms with Crippen molar-refractivity contribution < 1.29 is 4.74 Å². The van der Waals surface area contributed by atoms with Gasteiger partial charge in [0.05, 0.1) is 7.11 Å². The van der Waals surface area contributed by atoms with Crippen LogP contribution >= 0.6 is 23.2 Å². The maximum absolute atomic E-state index is 6.15. The summed E-state index contributed by atoms with van der Waals surface area (Å²) in [5.41, 5.74) is 3.58. The van der Waals surface area contributed by atoms with E-state index < -0.39 is 0 Å². The number of rotatable bonds is 5. The maximum Gasteiger partial charge on any atom is 0.122 e. The van der Waals surface area contributed by atoms with Gasteiger partial charge in [-0.25, -0.2) is 0 Å². The Balaban J connectivity index is 2.26. The van der Waals surface area contributed by atoms with Crippen LogP contribution in [-0.2, 0) is 6.42 Å². The molecule has 0 aliphatic carbocycles. The zero-order valence-electron chi connectivity index (χ0n) is 11.7. The van der Waals surface area contributed by atoms with Crippen LogP contribution in [-0.4, -0.2) is 13.0 Å². The van der Waals surface area contributed by atoms with Crippen LogP contribution in [0.5, 0.6) is 5.75 Å². The summed E-state index contributed by atoms with van der Waals surface area (Å²) in [7, 11) is 1.67. The molecular formula is C17H18Cl2O. The zero-order valence-corrected chi connectivity index (χ0v) is 13.2. The molecule has 3 heteroatoms. The molecule has 0 spiro atoms. The number of hydrogen-bond acceptors (Lipinski definition) is 1. The number of ether oxygens (including phenoxy) is 1. The van der Waals surface area contributed by atoms with Gasteiger partial charge in [0.2, 0.25) is 0 Å². The normalized spacial score (nSPS) is 12.2. The highest BCUT2D eigenvalue weighted by atomic mass is 35.5. The van der Waals surface area contributed by atoms with Crippen LogP contribution < -0.4 is 4.74 Å². The van der Waals surface area contributed by atoms with Gasteiger partial charge in [0.15, 0.2) is 0 Å². The van der Waals surface area contributed by atoms with Crippen molar-refractivity contribution in [1.29, 1.82) is 0 Å². The van der Waals surface area contributed by atoms with Gasteiger partial charge < -0.3 is 4.74 Å². The molecule has 0 aromatic heterocycles. The second-order valence-electron chi connectivity index (χ2n) is 4.92. The number of alkyl halides is 1. The monoisotopic (exact) mass is 308 g/mol. The van der Waals surface area contributed by atoms with E-state index in [0.29, 0.717) is 5.88 Å². The van der Waals surface area contributed by atoms with Gasteiger partial charge >= 0.3 is 0 Å². The number of aryl methyl sites for hydroxylation is 1. The van der Waals surface area contributed by atoms with E-state index in [-0.39, 0.29) is 5.92 Å². The molecule has 2 aromatic carbocycles. The second kappa shape index (κ2) is 7.01. The third-order valence-electron chi connectivity index (χ3n) is 3.44. The summed E-state index contributed by atoms with van der Waals surface area (Å²) >= 11 is 12.2. The van der Waals surface area contributed by atoms with Gasteiger partial charge in [-0.2, -0.15) is 0 Å². The Morgan fingerprint density at radius 1 is 1.10 bits per heavy atom. The van der Waals surface area contributed by atoms with Crippen LogP contribution in [0.4, 0.5) is 0 Å². The summed E-state index contributed by atoms with van der Waals surface area (Å²) in [5.74, 6) is 1.68. The van der Waals surface area contributed by atoms with E-state index in [2.05, 4.69) is 31.2 Å². The molecule has 2 rings (SSSR count). The predicted octanol–water partition coefficient (Wildman–Crippen LogP) is 5.22. The topological polar surface area (TPSA) is 9.23 Å². The first-order valence-electron chi connectivity index (χ1n) is 6.59. The Morgan fingerprint density at radius 3 is 2.40 bits per heavy atom. The number of halogens is 2. The molecule has 0 heterocycles. The molecule has 20 heavy (non-hydrogen) atoms. The Kier molecular flexibility index (Phi) is 5.33. The molecule has 106 valence electrons. The lowest BCUT2D eigenvalue weighted by Crippen LogP contribution is -2.06. The van der Waals surface area contributed by atoms with Crippen molar-refractivity contribution in [2.24, 2.45) is 0 Å². The van der Waals surface area contributed by atoms with E-state index >= 15 is 0 Å². The quantitative estimate of drug-likeness (QED) is 0.688. The van der Waals surface area contributed by atoms with Gasteiger partial charge in [-0.3, -0.25) is 0 Å². The molecular weight excluding hydrogens is 291 g/mol. The molecule has 1 atom stereocenters.